The van der Waals surface area contributed by atoms with Gasteiger partial charge in [0.2, 0.25) is 0 Å². The molecule has 80 valence electrons. The molecular formula is C11H17ClOS. The number of aliphatic hydroxyl groups excluding tert-OH is 1. The lowest BCUT2D eigenvalue weighted by atomic mass is 9.99. The van der Waals surface area contributed by atoms with Crippen molar-refractivity contribution in [2.75, 3.05) is 0 Å². The van der Waals surface area contributed by atoms with E-state index in [9.17, 15) is 5.11 Å². The summed E-state index contributed by atoms with van der Waals surface area (Å²) in [6.07, 6.45) is 2.52. The van der Waals surface area contributed by atoms with Gasteiger partial charge >= 0.3 is 0 Å². The number of rotatable bonds is 5. The van der Waals surface area contributed by atoms with Crippen molar-refractivity contribution in [3.8, 4) is 0 Å². The highest BCUT2D eigenvalue weighted by molar-refractivity contribution is 7.16. The fourth-order valence-corrected chi connectivity index (χ4v) is 2.57. The molecule has 2 atom stereocenters. The van der Waals surface area contributed by atoms with Crippen LogP contribution in [0.1, 0.15) is 31.6 Å². The second-order valence-corrected chi connectivity index (χ2v) is 5.61. The van der Waals surface area contributed by atoms with Gasteiger partial charge in [0.1, 0.15) is 0 Å². The van der Waals surface area contributed by atoms with E-state index in [-0.39, 0.29) is 6.10 Å². The Morgan fingerprint density at radius 1 is 1.50 bits per heavy atom. The normalized spacial score (nSPS) is 15.4. The van der Waals surface area contributed by atoms with Crippen molar-refractivity contribution >= 4 is 22.9 Å². The van der Waals surface area contributed by atoms with Crippen LogP contribution in [0, 0.1) is 5.92 Å². The molecule has 2 unspecified atom stereocenters. The molecule has 3 heteroatoms. The van der Waals surface area contributed by atoms with Crippen molar-refractivity contribution in [2.24, 2.45) is 5.92 Å². The van der Waals surface area contributed by atoms with Gasteiger partial charge in [0, 0.05) is 11.3 Å². The molecule has 1 aromatic rings. The Bertz CT molecular complexity index is 272. The third-order valence-electron chi connectivity index (χ3n) is 2.44. The van der Waals surface area contributed by atoms with Gasteiger partial charge in [0.15, 0.2) is 0 Å². The summed E-state index contributed by atoms with van der Waals surface area (Å²) in [4.78, 5) is 1.17. The predicted molar refractivity (Wildman–Crippen MR) is 63.1 cm³/mol. The Hall–Kier alpha value is -0.0500. The zero-order valence-corrected chi connectivity index (χ0v) is 10.2. The van der Waals surface area contributed by atoms with Crippen LogP contribution in [-0.2, 0) is 6.42 Å². The second-order valence-electron chi connectivity index (χ2n) is 3.81. The lowest BCUT2D eigenvalue weighted by molar-refractivity contribution is 0.145. The standard InChI is InChI=1S/C11H17ClOS/c1-3-8(2)6-9(13)7-10-4-5-11(12)14-10/h4-5,8-9,13H,3,6-7H2,1-2H3. The molecule has 0 aromatic carbocycles. The molecule has 0 radical (unpaired) electrons. The second kappa shape index (κ2) is 5.74. The van der Waals surface area contributed by atoms with E-state index in [0.717, 1.165) is 23.6 Å². The summed E-state index contributed by atoms with van der Waals surface area (Å²) in [6.45, 7) is 4.32. The molecule has 1 nitrogen and oxygen atoms in total. The van der Waals surface area contributed by atoms with Crippen molar-refractivity contribution in [1.82, 2.24) is 0 Å². The Kier molecular flexibility index (Phi) is 4.93. The highest BCUT2D eigenvalue weighted by Crippen LogP contribution is 2.24. The zero-order chi connectivity index (χ0) is 10.6. The maximum absolute atomic E-state index is 9.78. The molecule has 0 amide bonds. The average Bonchev–Trinajstić information content (AvgIpc) is 2.50. The van der Waals surface area contributed by atoms with Gasteiger partial charge < -0.3 is 5.11 Å². The molecule has 1 rings (SSSR count). The van der Waals surface area contributed by atoms with Gasteiger partial charge in [-0.3, -0.25) is 0 Å². The van der Waals surface area contributed by atoms with Gasteiger partial charge in [-0.2, -0.15) is 0 Å². The van der Waals surface area contributed by atoms with Crippen LogP contribution >= 0.6 is 22.9 Å². The summed E-state index contributed by atoms with van der Waals surface area (Å²) in [6, 6.07) is 3.88. The van der Waals surface area contributed by atoms with E-state index < -0.39 is 0 Å². The average molecular weight is 233 g/mol. The number of thiophene rings is 1. The predicted octanol–water partition coefficient (Wildman–Crippen LogP) is 3.74. The van der Waals surface area contributed by atoms with E-state index in [2.05, 4.69) is 13.8 Å². The third kappa shape index (κ3) is 3.99. The largest absolute Gasteiger partial charge is 0.393 e. The zero-order valence-electron chi connectivity index (χ0n) is 8.66. The highest BCUT2D eigenvalue weighted by atomic mass is 35.5. The first kappa shape index (κ1) is 12.0. The monoisotopic (exact) mass is 232 g/mol. The van der Waals surface area contributed by atoms with Crippen LogP contribution in [0.2, 0.25) is 4.34 Å². The summed E-state index contributed by atoms with van der Waals surface area (Å²) >= 11 is 7.37. The van der Waals surface area contributed by atoms with Crippen molar-refractivity contribution in [2.45, 2.75) is 39.2 Å². The quantitative estimate of drug-likeness (QED) is 0.820. The molecule has 0 aliphatic carbocycles. The van der Waals surface area contributed by atoms with Gasteiger partial charge in [-0.05, 0) is 24.5 Å². The Morgan fingerprint density at radius 3 is 2.71 bits per heavy atom. The van der Waals surface area contributed by atoms with E-state index in [1.54, 1.807) is 11.3 Å². The molecule has 0 fully saturated rings. The van der Waals surface area contributed by atoms with Gasteiger partial charge in [-0.1, -0.05) is 31.9 Å². The van der Waals surface area contributed by atoms with Crippen molar-refractivity contribution in [3.63, 3.8) is 0 Å². The van der Waals surface area contributed by atoms with Crippen LogP contribution in [-0.4, -0.2) is 11.2 Å². The lowest BCUT2D eigenvalue weighted by Crippen LogP contribution is -2.13. The molecule has 0 bridgehead atoms. The van der Waals surface area contributed by atoms with Crippen molar-refractivity contribution in [3.05, 3.63) is 21.3 Å². The summed E-state index contributed by atoms with van der Waals surface area (Å²) in [5.74, 6) is 0.598. The van der Waals surface area contributed by atoms with Crippen molar-refractivity contribution < 1.29 is 5.11 Å². The molecule has 0 saturated heterocycles. The van der Waals surface area contributed by atoms with E-state index in [1.165, 1.54) is 4.88 Å². The summed E-state index contributed by atoms with van der Waals surface area (Å²) in [5, 5.41) is 9.78. The van der Waals surface area contributed by atoms with E-state index >= 15 is 0 Å². The minimum atomic E-state index is -0.223. The smallest absolute Gasteiger partial charge is 0.0931 e. The molecule has 0 saturated carbocycles. The fraction of sp³-hybridized carbons (Fsp3) is 0.636. The molecule has 1 N–H and O–H groups in total. The number of hydrogen-bond acceptors (Lipinski definition) is 2. The van der Waals surface area contributed by atoms with E-state index in [1.807, 2.05) is 12.1 Å². The number of halogens is 1. The number of aliphatic hydroxyl groups is 1. The SMILES string of the molecule is CCC(C)CC(O)Cc1ccc(Cl)s1. The minimum Gasteiger partial charge on any atom is -0.393 e. The number of hydrogen-bond donors (Lipinski definition) is 1. The van der Waals surface area contributed by atoms with Crippen LogP contribution < -0.4 is 0 Å². The van der Waals surface area contributed by atoms with Gasteiger partial charge in [-0.25, -0.2) is 0 Å². The summed E-state index contributed by atoms with van der Waals surface area (Å²) in [5.41, 5.74) is 0. The highest BCUT2D eigenvalue weighted by Gasteiger charge is 2.10. The molecular weight excluding hydrogens is 216 g/mol. The molecule has 0 aliphatic rings. The molecule has 14 heavy (non-hydrogen) atoms. The first-order valence-corrected chi connectivity index (χ1v) is 6.23. The lowest BCUT2D eigenvalue weighted by Gasteiger charge is -2.13. The Morgan fingerprint density at radius 2 is 2.21 bits per heavy atom. The van der Waals surface area contributed by atoms with E-state index in [4.69, 9.17) is 11.6 Å². The topological polar surface area (TPSA) is 20.2 Å². The summed E-state index contributed by atoms with van der Waals surface area (Å²) in [7, 11) is 0. The first-order chi connectivity index (χ1) is 6.61. The van der Waals surface area contributed by atoms with Gasteiger partial charge in [0.05, 0.1) is 10.4 Å². The molecule has 1 heterocycles. The van der Waals surface area contributed by atoms with Crippen LogP contribution in [0.4, 0.5) is 0 Å². The molecule has 0 aliphatic heterocycles. The maximum Gasteiger partial charge on any atom is 0.0931 e. The van der Waals surface area contributed by atoms with Crippen LogP contribution in [0.15, 0.2) is 12.1 Å². The molecule has 1 aromatic heterocycles. The molecule has 0 spiro atoms. The minimum absolute atomic E-state index is 0.223. The van der Waals surface area contributed by atoms with Crippen LogP contribution in [0.3, 0.4) is 0 Å². The fourth-order valence-electron chi connectivity index (χ4n) is 1.41. The van der Waals surface area contributed by atoms with Crippen LogP contribution in [0.25, 0.3) is 0 Å². The van der Waals surface area contributed by atoms with Gasteiger partial charge in [-0.15, -0.1) is 11.3 Å². The third-order valence-corrected chi connectivity index (χ3v) is 3.69. The Labute approximate surface area is 94.7 Å². The van der Waals surface area contributed by atoms with E-state index in [0.29, 0.717) is 5.92 Å². The maximum atomic E-state index is 9.78. The van der Waals surface area contributed by atoms with Gasteiger partial charge in [0.25, 0.3) is 0 Å². The Balaban J connectivity index is 2.37. The first-order valence-electron chi connectivity index (χ1n) is 5.04. The van der Waals surface area contributed by atoms with Crippen molar-refractivity contribution in [1.29, 1.82) is 0 Å². The van der Waals surface area contributed by atoms with Crippen LogP contribution in [0.5, 0.6) is 0 Å². The summed E-state index contributed by atoms with van der Waals surface area (Å²) < 4.78 is 0.802.